The van der Waals surface area contributed by atoms with Crippen LogP contribution in [-0.4, -0.2) is 19.0 Å². The van der Waals surface area contributed by atoms with E-state index in [1.165, 1.54) is 0 Å². The summed E-state index contributed by atoms with van der Waals surface area (Å²) in [6, 6.07) is 5.21. The van der Waals surface area contributed by atoms with E-state index < -0.39 is 5.92 Å². The molecule has 1 aliphatic heterocycles. The largest absolute Gasteiger partial charge is 0.371 e. The van der Waals surface area contributed by atoms with Gasteiger partial charge in [-0.3, -0.25) is 0 Å². The smallest absolute Gasteiger partial charge is 0.251 e. The second-order valence-electron chi connectivity index (χ2n) is 4.17. The van der Waals surface area contributed by atoms with Crippen LogP contribution >= 0.6 is 15.9 Å². The van der Waals surface area contributed by atoms with Crippen molar-refractivity contribution in [3.05, 3.63) is 33.1 Å². The third-order valence-electron chi connectivity index (χ3n) is 2.93. The summed E-state index contributed by atoms with van der Waals surface area (Å²) in [6.45, 7) is 0.523. The molecule has 7 heteroatoms. The molecule has 1 saturated heterocycles. The van der Waals surface area contributed by atoms with E-state index in [1.54, 1.807) is 18.2 Å². The maximum Gasteiger partial charge on any atom is 0.251 e. The second kappa shape index (κ2) is 5.12. The van der Waals surface area contributed by atoms with E-state index in [2.05, 4.69) is 26.0 Å². The first kappa shape index (κ1) is 13.1. The SMILES string of the molecule is [N-]=[N+]=Nc1ccc(Br)cc1N1CCC(F)(F)CC1. The molecule has 0 N–H and O–H groups in total. The highest BCUT2D eigenvalue weighted by atomic mass is 79.9. The van der Waals surface area contributed by atoms with Crippen LogP contribution in [0.3, 0.4) is 0 Å². The maximum atomic E-state index is 13.1. The quantitative estimate of drug-likeness (QED) is 0.446. The average Bonchev–Trinajstić information content (AvgIpc) is 2.32. The fourth-order valence-electron chi connectivity index (χ4n) is 1.96. The van der Waals surface area contributed by atoms with E-state index in [4.69, 9.17) is 5.53 Å². The summed E-state index contributed by atoms with van der Waals surface area (Å²) in [5.74, 6) is -2.58. The Balaban J connectivity index is 2.27. The number of hydrogen-bond donors (Lipinski definition) is 0. The molecule has 0 radical (unpaired) electrons. The van der Waals surface area contributed by atoms with Gasteiger partial charge in [-0.2, -0.15) is 0 Å². The number of anilines is 1. The van der Waals surface area contributed by atoms with Crippen LogP contribution in [0.4, 0.5) is 20.2 Å². The predicted octanol–water partition coefficient (Wildman–Crippen LogP) is 4.63. The third-order valence-corrected chi connectivity index (χ3v) is 3.42. The molecule has 0 aliphatic carbocycles. The highest BCUT2D eigenvalue weighted by Crippen LogP contribution is 2.36. The standard InChI is InChI=1S/C11H11BrF2N4/c12-8-1-2-9(16-17-15)10(7-8)18-5-3-11(13,14)4-6-18/h1-2,7H,3-6H2. The van der Waals surface area contributed by atoms with Crippen LogP contribution in [0.25, 0.3) is 10.4 Å². The zero-order valence-electron chi connectivity index (χ0n) is 9.48. The van der Waals surface area contributed by atoms with E-state index in [-0.39, 0.29) is 25.9 Å². The molecular formula is C11H11BrF2N4. The lowest BCUT2D eigenvalue weighted by molar-refractivity contribution is -0.0220. The van der Waals surface area contributed by atoms with Crippen molar-refractivity contribution in [1.29, 1.82) is 0 Å². The minimum Gasteiger partial charge on any atom is -0.371 e. The van der Waals surface area contributed by atoms with Gasteiger partial charge in [-0.1, -0.05) is 21.0 Å². The fourth-order valence-corrected chi connectivity index (χ4v) is 2.31. The molecule has 1 aromatic rings. The van der Waals surface area contributed by atoms with Crippen molar-refractivity contribution in [3.63, 3.8) is 0 Å². The van der Waals surface area contributed by atoms with Crippen LogP contribution in [0, 0.1) is 0 Å². The van der Waals surface area contributed by atoms with Crippen LogP contribution in [0.5, 0.6) is 0 Å². The number of rotatable bonds is 2. The number of piperidine rings is 1. The lowest BCUT2D eigenvalue weighted by Crippen LogP contribution is -2.39. The number of alkyl halides is 2. The van der Waals surface area contributed by atoms with E-state index in [1.807, 2.05) is 4.90 Å². The highest BCUT2D eigenvalue weighted by Gasteiger charge is 2.34. The van der Waals surface area contributed by atoms with Gasteiger partial charge in [-0.05, 0) is 23.7 Å². The molecule has 1 aromatic carbocycles. The van der Waals surface area contributed by atoms with E-state index in [0.717, 1.165) is 4.47 Å². The van der Waals surface area contributed by atoms with Gasteiger partial charge in [0.25, 0.3) is 5.92 Å². The first-order valence-electron chi connectivity index (χ1n) is 5.49. The molecule has 4 nitrogen and oxygen atoms in total. The van der Waals surface area contributed by atoms with E-state index in [0.29, 0.717) is 11.4 Å². The Hall–Kier alpha value is -1.33. The highest BCUT2D eigenvalue weighted by molar-refractivity contribution is 9.10. The molecule has 0 unspecified atom stereocenters. The van der Waals surface area contributed by atoms with E-state index >= 15 is 0 Å². The van der Waals surface area contributed by atoms with Gasteiger partial charge in [-0.15, -0.1) is 0 Å². The first-order valence-corrected chi connectivity index (χ1v) is 6.28. The molecular weight excluding hydrogens is 306 g/mol. The van der Waals surface area contributed by atoms with Gasteiger partial charge >= 0.3 is 0 Å². The summed E-state index contributed by atoms with van der Waals surface area (Å²) in [5.41, 5.74) is 9.66. The Labute approximate surface area is 111 Å². The van der Waals surface area contributed by atoms with Crippen molar-refractivity contribution in [2.75, 3.05) is 18.0 Å². The summed E-state index contributed by atoms with van der Waals surface area (Å²) < 4.78 is 27.0. The van der Waals surface area contributed by atoms with Gasteiger partial charge in [0.15, 0.2) is 0 Å². The first-order chi connectivity index (χ1) is 8.52. The molecule has 0 aromatic heterocycles. The molecule has 0 atom stereocenters. The number of azide groups is 1. The van der Waals surface area contributed by atoms with E-state index in [9.17, 15) is 8.78 Å². The summed E-state index contributed by atoms with van der Waals surface area (Å²) in [6.07, 6.45) is -0.343. The Kier molecular flexibility index (Phi) is 3.73. The Morgan fingerprint density at radius 1 is 1.33 bits per heavy atom. The molecule has 0 amide bonds. The minimum atomic E-state index is -2.58. The molecule has 1 fully saturated rings. The summed E-state index contributed by atoms with van der Waals surface area (Å²) >= 11 is 3.33. The van der Waals surface area contributed by atoms with Crippen LogP contribution < -0.4 is 4.90 Å². The van der Waals surface area contributed by atoms with Crippen molar-refractivity contribution < 1.29 is 8.78 Å². The molecule has 1 heterocycles. The number of benzene rings is 1. The number of nitrogens with zero attached hydrogens (tertiary/aromatic N) is 4. The normalized spacial score (nSPS) is 18.3. The van der Waals surface area contributed by atoms with Crippen molar-refractivity contribution in [3.8, 4) is 0 Å². The van der Waals surface area contributed by atoms with Gasteiger partial charge in [0.05, 0.1) is 5.69 Å². The Morgan fingerprint density at radius 2 is 2.00 bits per heavy atom. The number of hydrogen-bond acceptors (Lipinski definition) is 2. The van der Waals surface area contributed by atoms with Crippen molar-refractivity contribution in [1.82, 2.24) is 0 Å². The lowest BCUT2D eigenvalue weighted by atomic mass is 10.1. The molecule has 0 bridgehead atoms. The topological polar surface area (TPSA) is 52.0 Å². The minimum absolute atomic E-state index is 0.171. The lowest BCUT2D eigenvalue weighted by Gasteiger charge is -2.34. The van der Waals surface area contributed by atoms with Crippen LogP contribution in [0.1, 0.15) is 12.8 Å². The van der Waals surface area contributed by atoms with Crippen molar-refractivity contribution >= 4 is 27.3 Å². The van der Waals surface area contributed by atoms with Crippen molar-refractivity contribution in [2.24, 2.45) is 5.11 Å². The third kappa shape index (κ3) is 2.91. The molecule has 0 saturated carbocycles. The fraction of sp³-hybridized carbons (Fsp3) is 0.455. The van der Waals surface area contributed by atoms with Gasteiger partial charge in [0.2, 0.25) is 0 Å². The average molecular weight is 317 g/mol. The van der Waals surface area contributed by atoms with Crippen LogP contribution in [0.2, 0.25) is 0 Å². The predicted molar refractivity (Wildman–Crippen MR) is 69.3 cm³/mol. The molecule has 1 aliphatic rings. The molecule has 0 spiro atoms. The van der Waals surface area contributed by atoms with Crippen molar-refractivity contribution in [2.45, 2.75) is 18.8 Å². The van der Waals surface area contributed by atoms with Gasteiger partial charge in [0, 0.05) is 41.0 Å². The Morgan fingerprint density at radius 3 is 2.61 bits per heavy atom. The summed E-state index contributed by atoms with van der Waals surface area (Å²) in [4.78, 5) is 4.58. The molecule has 2 rings (SSSR count). The van der Waals surface area contributed by atoms with Gasteiger partial charge < -0.3 is 4.90 Å². The Bertz CT molecular complexity index is 490. The zero-order chi connectivity index (χ0) is 13.2. The molecule has 18 heavy (non-hydrogen) atoms. The summed E-state index contributed by atoms with van der Waals surface area (Å²) in [5, 5.41) is 3.59. The molecule has 96 valence electrons. The monoisotopic (exact) mass is 316 g/mol. The van der Waals surface area contributed by atoms with Gasteiger partial charge in [0.1, 0.15) is 0 Å². The maximum absolute atomic E-state index is 13.1. The summed E-state index contributed by atoms with van der Waals surface area (Å²) in [7, 11) is 0. The second-order valence-corrected chi connectivity index (χ2v) is 5.08. The zero-order valence-corrected chi connectivity index (χ0v) is 11.1. The van der Waals surface area contributed by atoms with Crippen LogP contribution in [-0.2, 0) is 0 Å². The van der Waals surface area contributed by atoms with Gasteiger partial charge in [-0.25, -0.2) is 8.78 Å². The number of halogens is 3. The van der Waals surface area contributed by atoms with Crippen LogP contribution in [0.15, 0.2) is 27.8 Å².